The van der Waals surface area contributed by atoms with Crippen LogP contribution in [-0.2, 0) is 6.42 Å². The van der Waals surface area contributed by atoms with Crippen LogP contribution in [0.4, 0.5) is 5.82 Å². The van der Waals surface area contributed by atoms with E-state index in [0.29, 0.717) is 24.4 Å². The number of hydrogen-bond acceptors (Lipinski definition) is 5. The first-order valence-electron chi connectivity index (χ1n) is 11.0. The molecule has 1 aromatic heterocycles. The molecule has 0 N–H and O–H groups in total. The van der Waals surface area contributed by atoms with Crippen LogP contribution in [0.2, 0.25) is 0 Å². The van der Waals surface area contributed by atoms with Crippen LogP contribution in [0.5, 0.6) is 5.75 Å². The van der Waals surface area contributed by atoms with Gasteiger partial charge in [-0.3, -0.25) is 4.79 Å². The number of nitrogens with zero attached hydrogens (tertiary/aromatic N) is 4. The minimum atomic E-state index is 0.0112. The molecule has 6 heteroatoms. The van der Waals surface area contributed by atoms with Gasteiger partial charge in [0.15, 0.2) is 0 Å². The normalized spacial score (nSPS) is 13.9. The summed E-state index contributed by atoms with van der Waals surface area (Å²) in [5.41, 5.74) is 5.29. The van der Waals surface area contributed by atoms with Crippen molar-refractivity contribution in [2.75, 3.05) is 38.2 Å². The van der Waals surface area contributed by atoms with E-state index in [2.05, 4.69) is 48.0 Å². The van der Waals surface area contributed by atoms with Gasteiger partial charge in [-0.2, -0.15) is 0 Å². The van der Waals surface area contributed by atoms with Crippen molar-refractivity contribution in [3.05, 3.63) is 82.3 Å². The minimum Gasteiger partial charge on any atom is -0.496 e. The Balaban J connectivity index is 1.54. The third kappa shape index (κ3) is 4.59. The van der Waals surface area contributed by atoms with Crippen LogP contribution in [-0.4, -0.2) is 54.1 Å². The van der Waals surface area contributed by atoms with Crippen molar-refractivity contribution in [3.63, 3.8) is 0 Å². The van der Waals surface area contributed by atoms with Gasteiger partial charge < -0.3 is 14.5 Å². The summed E-state index contributed by atoms with van der Waals surface area (Å²) in [6.07, 6.45) is 0.795. The Kier molecular flexibility index (Phi) is 6.40. The highest BCUT2D eigenvalue weighted by atomic mass is 16.5. The fourth-order valence-electron chi connectivity index (χ4n) is 4.33. The highest BCUT2D eigenvalue weighted by molar-refractivity contribution is 5.97. The lowest BCUT2D eigenvalue weighted by atomic mass is 10.0. The average Bonchev–Trinajstić information content (AvgIpc) is 2.80. The Hall–Kier alpha value is -3.41. The molecule has 1 aliphatic heterocycles. The van der Waals surface area contributed by atoms with Crippen molar-refractivity contribution in [3.8, 4) is 5.75 Å². The van der Waals surface area contributed by atoms with Gasteiger partial charge in [-0.05, 0) is 38.5 Å². The molecule has 2 heterocycles. The molecule has 0 unspecified atom stereocenters. The molecular weight excluding hydrogens is 400 g/mol. The molecule has 0 atom stereocenters. The monoisotopic (exact) mass is 430 g/mol. The SMILES string of the molecule is COc1ccccc1C(=O)N1CCN(c2nc(C)nc(C)c2Cc2cccc(C)c2)CC1. The van der Waals surface area contributed by atoms with Crippen molar-refractivity contribution in [2.45, 2.75) is 27.2 Å². The van der Waals surface area contributed by atoms with Crippen molar-refractivity contribution in [1.29, 1.82) is 0 Å². The van der Waals surface area contributed by atoms with E-state index in [4.69, 9.17) is 9.72 Å². The summed E-state index contributed by atoms with van der Waals surface area (Å²) in [5, 5.41) is 0. The molecule has 4 rings (SSSR count). The second-order valence-electron chi connectivity index (χ2n) is 8.30. The van der Waals surface area contributed by atoms with E-state index in [0.717, 1.165) is 42.4 Å². The maximum absolute atomic E-state index is 13.1. The number of anilines is 1. The summed E-state index contributed by atoms with van der Waals surface area (Å²) in [7, 11) is 1.60. The number of piperazine rings is 1. The molecule has 2 aromatic carbocycles. The lowest BCUT2D eigenvalue weighted by Gasteiger charge is -2.36. The summed E-state index contributed by atoms with van der Waals surface area (Å²) in [4.78, 5) is 26.7. The summed E-state index contributed by atoms with van der Waals surface area (Å²) in [6.45, 7) is 8.86. The fourth-order valence-corrected chi connectivity index (χ4v) is 4.33. The molecule has 1 saturated heterocycles. The lowest BCUT2D eigenvalue weighted by Crippen LogP contribution is -2.49. The molecule has 0 spiro atoms. The van der Waals surface area contributed by atoms with Crippen LogP contribution in [0.15, 0.2) is 48.5 Å². The zero-order valence-corrected chi connectivity index (χ0v) is 19.3. The number of amides is 1. The Morgan fingerprint density at radius 3 is 2.44 bits per heavy atom. The number of ether oxygens (including phenoxy) is 1. The molecule has 32 heavy (non-hydrogen) atoms. The Morgan fingerprint density at radius 1 is 0.969 bits per heavy atom. The van der Waals surface area contributed by atoms with Gasteiger partial charge in [0, 0.05) is 43.9 Å². The molecule has 6 nitrogen and oxygen atoms in total. The van der Waals surface area contributed by atoms with Gasteiger partial charge in [-0.15, -0.1) is 0 Å². The molecule has 0 radical (unpaired) electrons. The quantitative estimate of drug-likeness (QED) is 0.613. The summed E-state index contributed by atoms with van der Waals surface area (Å²) in [5.74, 6) is 2.39. The third-order valence-electron chi connectivity index (χ3n) is 5.97. The van der Waals surface area contributed by atoms with Gasteiger partial charge in [-0.1, -0.05) is 42.0 Å². The van der Waals surface area contributed by atoms with E-state index in [9.17, 15) is 4.79 Å². The molecule has 0 aliphatic carbocycles. The van der Waals surface area contributed by atoms with E-state index in [1.165, 1.54) is 11.1 Å². The summed E-state index contributed by atoms with van der Waals surface area (Å²) < 4.78 is 5.38. The molecular formula is C26H30N4O2. The first-order chi connectivity index (χ1) is 15.5. The van der Waals surface area contributed by atoms with Crippen molar-refractivity contribution in [2.24, 2.45) is 0 Å². The topological polar surface area (TPSA) is 58.6 Å². The third-order valence-corrected chi connectivity index (χ3v) is 5.97. The number of aryl methyl sites for hydroxylation is 3. The number of aromatic nitrogens is 2. The van der Waals surface area contributed by atoms with Gasteiger partial charge in [0.25, 0.3) is 5.91 Å². The van der Waals surface area contributed by atoms with E-state index < -0.39 is 0 Å². The van der Waals surface area contributed by atoms with Crippen LogP contribution in [0.1, 0.15) is 38.6 Å². The molecule has 166 valence electrons. The first kappa shape index (κ1) is 21.8. The number of benzene rings is 2. The summed E-state index contributed by atoms with van der Waals surface area (Å²) in [6, 6.07) is 16.0. The maximum Gasteiger partial charge on any atom is 0.257 e. The van der Waals surface area contributed by atoms with Crippen molar-refractivity contribution < 1.29 is 9.53 Å². The van der Waals surface area contributed by atoms with E-state index in [1.807, 2.05) is 36.1 Å². The second kappa shape index (κ2) is 9.39. The smallest absolute Gasteiger partial charge is 0.257 e. The highest BCUT2D eigenvalue weighted by Crippen LogP contribution is 2.26. The number of hydrogen-bond donors (Lipinski definition) is 0. The number of rotatable bonds is 5. The van der Waals surface area contributed by atoms with Crippen LogP contribution < -0.4 is 9.64 Å². The Labute approximate surface area is 189 Å². The average molecular weight is 431 g/mol. The second-order valence-corrected chi connectivity index (χ2v) is 8.30. The minimum absolute atomic E-state index is 0.0112. The molecule has 1 fully saturated rings. The predicted octanol–water partition coefficient (Wildman–Crippen LogP) is 3.96. The van der Waals surface area contributed by atoms with Gasteiger partial charge in [0.2, 0.25) is 0 Å². The number of carbonyl (C=O) groups excluding carboxylic acids is 1. The van der Waals surface area contributed by atoms with Crippen LogP contribution in [0.3, 0.4) is 0 Å². The highest BCUT2D eigenvalue weighted by Gasteiger charge is 2.26. The van der Waals surface area contributed by atoms with Gasteiger partial charge in [0.1, 0.15) is 17.4 Å². The molecule has 1 amide bonds. The van der Waals surface area contributed by atoms with E-state index in [-0.39, 0.29) is 5.91 Å². The van der Waals surface area contributed by atoms with Gasteiger partial charge in [0.05, 0.1) is 12.7 Å². The van der Waals surface area contributed by atoms with Crippen LogP contribution in [0.25, 0.3) is 0 Å². The first-order valence-corrected chi connectivity index (χ1v) is 11.0. The Bertz CT molecular complexity index is 1120. The van der Waals surface area contributed by atoms with Gasteiger partial charge >= 0.3 is 0 Å². The van der Waals surface area contributed by atoms with E-state index in [1.54, 1.807) is 7.11 Å². The van der Waals surface area contributed by atoms with Crippen molar-refractivity contribution in [1.82, 2.24) is 14.9 Å². The van der Waals surface area contributed by atoms with Gasteiger partial charge in [-0.25, -0.2) is 9.97 Å². The molecule has 0 bridgehead atoms. The maximum atomic E-state index is 13.1. The fraction of sp³-hybridized carbons (Fsp3) is 0.346. The lowest BCUT2D eigenvalue weighted by molar-refractivity contribution is 0.0743. The molecule has 3 aromatic rings. The van der Waals surface area contributed by atoms with E-state index >= 15 is 0 Å². The number of carbonyl (C=O) groups is 1. The summed E-state index contributed by atoms with van der Waals surface area (Å²) >= 11 is 0. The van der Waals surface area contributed by atoms with Crippen LogP contribution in [0, 0.1) is 20.8 Å². The van der Waals surface area contributed by atoms with Crippen LogP contribution >= 0.6 is 0 Å². The predicted molar refractivity (Wildman–Crippen MR) is 127 cm³/mol. The number of para-hydroxylation sites is 1. The standard InChI is InChI=1S/C26H30N4O2/c1-18-8-7-9-21(16-18)17-23-19(2)27-20(3)28-25(23)29-12-14-30(15-13-29)26(31)22-10-5-6-11-24(22)32-4/h5-11,16H,12-15,17H2,1-4H3. The largest absolute Gasteiger partial charge is 0.496 e. The zero-order chi connectivity index (χ0) is 22.7. The molecule has 1 aliphatic rings. The number of methoxy groups -OCH3 is 1. The Morgan fingerprint density at radius 2 is 1.72 bits per heavy atom. The zero-order valence-electron chi connectivity index (χ0n) is 19.3. The molecule has 0 saturated carbocycles. The van der Waals surface area contributed by atoms with Crippen molar-refractivity contribution >= 4 is 11.7 Å².